The second-order valence-corrected chi connectivity index (χ2v) is 11.5. The zero-order valence-electron chi connectivity index (χ0n) is 18.1. The van der Waals surface area contributed by atoms with E-state index in [1.165, 1.54) is 28.6 Å². The van der Waals surface area contributed by atoms with Gasteiger partial charge in [-0.15, -0.1) is 0 Å². The Morgan fingerprint density at radius 2 is 1.58 bits per heavy atom. The third kappa shape index (κ3) is 5.77. The van der Waals surface area contributed by atoms with Crippen molar-refractivity contribution < 1.29 is 21.6 Å². The van der Waals surface area contributed by atoms with Crippen molar-refractivity contribution in [3.8, 4) is 5.75 Å². The van der Waals surface area contributed by atoms with Gasteiger partial charge in [-0.05, 0) is 66.9 Å². The lowest BCUT2D eigenvalue weighted by atomic mass is 10.2. The van der Waals surface area contributed by atoms with Gasteiger partial charge in [0.25, 0.3) is 0 Å². The molecule has 0 saturated heterocycles. The predicted molar refractivity (Wildman–Crippen MR) is 123 cm³/mol. The van der Waals surface area contributed by atoms with Crippen LogP contribution in [0.5, 0.6) is 5.75 Å². The van der Waals surface area contributed by atoms with E-state index in [4.69, 9.17) is 4.74 Å². The van der Waals surface area contributed by atoms with E-state index in [0.717, 1.165) is 18.4 Å². The molecule has 1 N–H and O–H groups in total. The molecule has 1 heterocycles. The first-order valence-corrected chi connectivity index (χ1v) is 13.4. The highest BCUT2D eigenvalue weighted by Gasteiger charge is 2.29. The van der Waals surface area contributed by atoms with E-state index < -0.39 is 20.0 Å². The van der Waals surface area contributed by atoms with E-state index in [-0.39, 0.29) is 28.9 Å². The molecular weight excluding hydrogens is 462 g/mol. The van der Waals surface area contributed by atoms with Crippen molar-refractivity contribution in [2.45, 2.75) is 41.8 Å². The standard InChI is InChI=1S/C23H25N3O5S2/c1-31-21-9-5-18(6-10-21)16-26(17-20-4-2-3-15-24-20)33(29,30)23-13-11-22(12-14-23)32(27,28)25-19-7-8-19/h2-6,9-15,19,25H,7-8,16-17H2,1H3. The fraction of sp³-hybridized carbons (Fsp3) is 0.261. The summed E-state index contributed by atoms with van der Waals surface area (Å²) in [7, 11) is -6.04. The third-order valence-corrected chi connectivity index (χ3v) is 8.60. The van der Waals surface area contributed by atoms with E-state index in [2.05, 4.69) is 9.71 Å². The Kier molecular flexibility index (Phi) is 6.80. The average Bonchev–Trinajstić information content (AvgIpc) is 3.63. The van der Waals surface area contributed by atoms with Crippen molar-refractivity contribution >= 4 is 20.0 Å². The molecule has 174 valence electrons. The minimum atomic E-state index is -3.94. The summed E-state index contributed by atoms with van der Waals surface area (Å²) in [6.45, 7) is 0.185. The first kappa shape index (κ1) is 23.4. The number of sulfonamides is 2. The fourth-order valence-electron chi connectivity index (χ4n) is 3.26. The number of hydrogen-bond donors (Lipinski definition) is 1. The highest BCUT2D eigenvalue weighted by atomic mass is 32.2. The first-order chi connectivity index (χ1) is 15.8. The van der Waals surface area contributed by atoms with Gasteiger partial charge in [0.2, 0.25) is 20.0 Å². The normalized spacial score (nSPS) is 14.4. The van der Waals surface area contributed by atoms with E-state index >= 15 is 0 Å². The lowest BCUT2D eigenvalue weighted by molar-refractivity contribution is 0.395. The molecule has 1 aliphatic rings. The molecule has 1 aromatic heterocycles. The topological polar surface area (TPSA) is 106 Å². The maximum atomic E-state index is 13.5. The van der Waals surface area contributed by atoms with Crippen LogP contribution in [-0.4, -0.2) is 39.3 Å². The molecule has 1 aliphatic carbocycles. The van der Waals surface area contributed by atoms with Crippen molar-refractivity contribution in [1.82, 2.24) is 14.0 Å². The van der Waals surface area contributed by atoms with Gasteiger partial charge in [0.15, 0.2) is 0 Å². The number of benzene rings is 2. The summed E-state index contributed by atoms with van der Waals surface area (Å²) in [5.41, 5.74) is 1.38. The first-order valence-electron chi connectivity index (χ1n) is 10.4. The summed E-state index contributed by atoms with van der Waals surface area (Å²) >= 11 is 0. The fourth-order valence-corrected chi connectivity index (χ4v) is 5.97. The van der Waals surface area contributed by atoms with Crippen LogP contribution in [0.15, 0.2) is 82.7 Å². The summed E-state index contributed by atoms with van der Waals surface area (Å²) in [6.07, 6.45) is 3.25. The van der Waals surface area contributed by atoms with Crippen LogP contribution in [0, 0.1) is 0 Å². The Labute approximate surface area is 194 Å². The van der Waals surface area contributed by atoms with Gasteiger partial charge in [-0.1, -0.05) is 18.2 Å². The number of methoxy groups -OCH3 is 1. The van der Waals surface area contributed by atoms with Gasteiger partial charge in [0, 0.05) is 18.8 Å². The number of nitrogens with zero attached hydrogens (tertiary/aromatic N) is 2. The zero-order chi connectivity index (χ0) is 23.5. The third-order valence-electron chi connectivity index (χ3n) is 5.25. The lowest BCUT2D eigenvalue weighted by Gasteiger charge is -2.22. The van der Waals surface area contributed by atoms with Crippen molar-refractivity contribution in [3.05, 3.63) is 84.2 Å². The molecule has 0 radical (unpaired) electrons. The molecular formula is C23H25N3O5S2. The maximum Gasteiger partial charge on any atom is 0.243 e. The number of rotatable bonds is 10. The average molecular weight is 488 g/mol. The summed E-state index contributed by atoms with van der Waals surface area (Å²) in [5, 5.41) is 0. The minimum Gasteiger partial charge on any atom is -0.497 e. The van der Waals surface area contributed by atoms with Crippen LogP contribution >= 0.6 is 0 Å². The Bertz CT molecular complexity index is 1290. The molecule has 1 saturated carbocycles. The molecule has 1 fully saturated rings. The van der Waals surface area contributed by atoms with Gasteiger partial charge in [-0.2, -0.15) is 4.31 Å². The SMILES string of the molecule is COc1ccc(CN(Cc2ccccn2)S(=O)(=O)c2ccc(S(=O)(=O)NC3CC3)cc2)cc1. The monoisotopic (exact) mass is 487 g/mol. The molecule has 2 aromatic carbocycles. The molecule has 33 heavy (non-hydrogen) atoms. The molecule has 0 atom stereocenters. The number of hydrogen-bond acceptors (Lipinski definition) is 6. The molecule has 3 aromatic rings. The van der Waals surface area contributed by atoms with E-state index in [1.807, 2.05) is 0 Å². The molecule has 0 aliphatic heterocycles. The molecule has 4 rings (SSSR count). The van der Waals surface area contributed by atoms with Crippen LogP contribution in [0.2, 0.25) is 0 Å². The van der Waals surface area contributed by atoms with Crippen molar-refractivity contribution in [2.24, 2.45) is 0 Å². The second-order valence-electron chi connectivity index (χ2n) is 7.81. The van der Waals surface area contributed by atoms with Gasteiger partial charge in [-0.3, -0.25) is 4.98 Å². The molecule has 8 nitrogen and oxygen atoms in total. The van der Waals surface area contributed by atoms with Crippen LogP contribution in [0.1, 0.15) is 24.1 Å². The van der Waals surface area contributed by atoms with Gasteiger partial charge >= 0.3 is 0 Å². The number of nitrogens with one attached hydrogen (secondary N) is 1. The van der Waals surface area contributed by atoms with Crippen molar-refractivity contribution in [3.63, 3.8) is 0 Å². The quantitative estimate of drug-likeness (QED) is 0.471. The van der Waals surface area contributed by atoms with Crippen LogP contribution < -0.4 is 9.46 Å². The number of aromatic nitrogens is 1. The lowest BCUT2D eigenvalue weighted by Crippen LogP contribution is -2.31. The van der Waals surface area contributed by atoms with Crippen LogP contribution in [0.4, 0.5) is 0 Å². The highest BCUT2D eigenvalue weighted by molar-refractivity contribution is 7.89. The number of pyridine rings is 1. The zero-order valence-corrected chi connectivity index (χ0v) is 19.7. The minimum absolute atomic E-state index is 0.0114. The summed E-state index contributed by atoms with van der Waals surface area (Å²) in [5.74, 6) is 0.675. The van der Waals surface area contributed by atoms with Crippen LogP contribution in [0.3, 0.4) is 0 Å². The molecule has 0 unspecified atom stereocenters. The molecule has 0 amide bonds. The Balaban J connectivity index is 1.62. The molecule has 10 heteroatoms. The van der Waals surface area contributed by atoms with E-state index in [9.17, 15) is 16.8 Å². The Hall–Kier alpha value is -2.79. The van der Waals surface area contributed by atoms with Gasteiger partial charge < -0.3 is 4.74 Å². The van der Waals surface area contributed by atoms with E-state index in [0.29, 0.717) is 11.4 Å². The van der Waals surface area contributed by atoms with Gasteiger partial charge in [-0.25, -0.2) is 21.6 Å². The largest absolute Gasteiger partial charge is 0.497 e. The molecule has 0 bridgehead atoms. The Morgan fingerprint density at radius 1 is 0.909 bits per heavy atom. The smallest absolute Gasteiger partial charge is 0.243 e. The van der Waals surface area contributed by atoms with Crippen molar-refractivity contribution in [2.75, 3.05) is 7.11 Å². The predicted octanol–water partition coefficient (Wildman–Crippen LogP) is 2.92. The molecule has 0 spiro atoms. The van der Waals surface area contributed by atoms with Crippen molar-refractivity contribution in [1.29, 1.82) is 0 Å². The second kappa shape index (κ2) is 9.60. The summed E-state index contributed by atoms with van der Waals surface area (Å²) < 4.78 is 61.0. The van der Waals surface area contributed by atoms with Crippen LogP contribution in [-0.2, 0) is 33.1 Å². The van der Waals surface area contributed by atoms with Gasteiger partial charge in [0.05, 0.1) is 29.1 Å². The number of ether oxygens (including phenoxy) is 1. The van der Waals surface area contributed by atoms with Crippen LogP contribution in [0.25, 0.3) is 0 Å². The highest BCUT2D eigenvalue weighted by Crippen LogP contribution is 2.25. The van der Waals surface area contributed by atoms with E-state index in [1.54, 1.807) is 55.8 Å². The van der Waals surface area contributed by atoms with Gasteiger partial charge in [0.1, 0.15) is 5.75 Å². The Morgan fingerprint density at radius 3 is 2.15 bits per heavy atom. The summed E-state index contributed by atoms with van der Waals surface area (Å²) in [4.78, 5) is 4.31. The summed E-state index contributed by atoms with van der Waals surface area (Å²) in [6, 6.07) is 17.7. The maximum absolute atomic E-state index is 13.5.